The number of aryl methyl sites for hydroxylation is 2. The minimum atomic E-state index is -0.196. The van der Waals surface area contributed by atoms with Crippen LogP contribution in [-0.2, 0) is 5.75 Å². The highest BCUT2D eigenvalue weighted by atomic mass is 32.2. The summed E-state index contributed by atoms with van der Waals surface area (Å²) in [6.07, 6.45) is 0. The summed E-state index contributed by atoms with van der Waals surface area (Å²) in [5.41, 5.74) is 3.67. The van der Waals surface area contributed by atoms with Gasteiger partial charge in [-0.3, -0.25) is 9.59 Å². The number of rotatable bonds is 7. The molecule has 150 valence electrons. The lowest BCUT2D eigenvalue weighted by Gasteiger charge is -2.13. The van der Waals surface area contributed by atoms with Gasteiger partial charge < -0.3 is 10.6 Å². The lowest BCUT2D eigenvalue weighted by molar-refractivity contribution is 0.0954. The number of nitrogens with zero attached hydrogens (tertiary/aromatic N) is 1. The second-order valence-electron chi connectivity index (χ2n) is 6.49. The quantitative estimate of drug-likeness (QED) is 0.520. The maximum atomic E-state index is 13.0. The number of benzene rings is 2. The molecule has 0 atom stereocenters. The molecule has 0 unspecified atom stereocenters. The van der Waals surface area contributed by atoms with Crippen molar-refractivity contribution in [3.63, 3.8) is 0 Å². The van der Waals surface area contributed by atoms with Gasteiger partial charge in [0.1, 0.15) is 0 Å². The molecule has 3 rings (SSSR count). The summed E-state index contributed by atoms with van der Waals surface area (Å²) in [6.45, 7) is 6.31. The second-order valence-corrected chi connectivity index (χ2v) is 8.57. The Balaban J connectivity index is 1.77. The molecule has 29 heavy (non-hydrogen) atoms. The Bertz CT molecular complexity index is 1030. The van der Waals surface area contributed by atoms with Crippen LogP contribution in [0.15, 0.2) is 52.7 Å². The molecule has 0 aliphatic rings. The van der Waals surface area contributed by atoms with Crippen LogP contribution in [0.4, 0.5) is 5.69 Å². The Kier molecular flexibility index (Phi) is 7.06. The van der Waals surface area contributed by atoms with E-state index in [0.717, 1.165) is 21.2 Å². The van der Waals surface area contributed by atoms with Gasteiger partial charge in [-0.25, -0.2) is 4.98 Å². The molecule has 0 fully saturated rings. The number of hydrogen-bond donors (Lipinski definition) is 2. The van der Waals surface area contributed by atoms with Gasteiger partial charge in [0.05, 0.1) is 16.3 Å². The molecular weight excluding hydrogens is 402 g/mol. The van der Waals surface area contributed by atoms with E-state index in [2.05, 4.69) is 15.6 Å². The predicted molar refractivity (Wildman–Crippen MR) is 120 cm³/mol. The molecule has 1 heterocycles. The molecule has 5 nitrogen and oxygen atoms in total. The molecule has 2 aromatic carbocycles. The zero-order chi connectivity index (χ0) is 20.8. The Labute approximate surface area is 179 Å². The number of carbonyl (C=O) groups is 2. The van der Waals surface area contributed by atoms with Crippen LogP contribution in [-0.4, -0.2) is 23.3 Å². The first-order valence-corrected chi connectivity index (χ1v) is 11.2. The van der Waals surface area contributed by atoms with Gasteiger partial charge in [-0.2, -0.15) is 0 Å². The molecule has 0 aliphatic carbocycles. The average Bonchev–Trinajstić information content (AvgIpc) is 3.13. The van der Waals surface area contributed by atoms with Crippen molar-refractivity contribution in [3.05, 3.63) is 75.2 Å². The lowest BCUT2D eigenvalue weighted by atomic mass is 10.1. The van der Waals surface area contributed by atoms with E-state index in [1.807, 2.05) is 56.5 Å². The second kappa shape index (κ2) is 9.71. The first-order chi connectivity index (χ1) is 14.0. The van der Waals surface area contributed by atoms with Gasteiger partial charge >= 0.3 is 0 Å². The molecule has 0 bridgehead atoms. The normalized spacial score (nSPS) is 10.6. The largest absolute Gasteiger partial charge is 0.352 e. The molecule has 0 saturated heterocycles. The average molecular weight is 426 g/mol. The summed E-state index contributed by atoms with van der Waals surface area (Å²) in [5.74, 6) is 0.358. The van der Waals surface area contributed by atoms with Gasteiger partial charge in [0.2, 0.25) is 0 Å². The van der Waals surface area contributed by atoms with E-state index in [0.29, 0.717) is 29.1 Å². The molecule has 1 aromatic heterocycles. The number of aromatic nitrogens is 1. The first-order valence-electron chi connectivity index (χ1n) is 9.31. The fourth-order valence-electron chi connectivity index (χ4n) is 2.76. The van der Waals surface area contributed by atoms with Crippen LogP contribution in [0, 0.1) is 13.8 Å². The van der Waals surface area contributed by atoms with E-state index in [1.54, 1.807) is 35.2 Å². The van der Waals surface area contributed by atoms with Gasteiger partial charge in [0, 0.05) is 33.8 Å². The van der Waals surface area contributed by atoms with Crippen molar-refractivity contribution in [2.45, 2.75) is 31.4 Å². The fourth-order valence-corrected chi connectivity index (χ4v) is 4.42. The number of nitrogens with one attached hydrogen (secondary N) is 2. The maximum Gasteiger partial charge on any atom is 0.256 e. The van der Waals surface area contributed by atoms with Gasteiger partial charge in [0.25, 0.3) is 11.8 Å². The molecular formula is C22H23N3O2S2. The summed E-state index contributed by atoms with van der Waals surface area (Å²) in [7, 11) is 0. The highest BCUT2D eigenvalue weighted by Crippen LogP contribution is 2.28. The van der Waals surface area contributed by atoms with Crippen LogP contribution >= 0.6 is 23.1 Å². The molecule has 0 spiro atoms. The van der Waals surface area contributed by atoms with E-state index in [9.17, 15) is 9.59 Å². The topological polar surface area (TPSA) is 71.1 Å². The van der Waals surface area contributed by atoms with Crippen molar-refractivity contribution in [2.75, 3.05) is 11.9 Å². The SMILES string of the molecule is CCNC(=O)c1ccc(C)c(NC(=O)c2ccccc2SCc2csc(C)n2)c1. The van der Waals surface area contributed by atoms with E-state index in [4.69, 9.17) is 0 Å². The number of thioether (sulfide) groups is 1. The zero-order valence-electron chi connectivity index (χ0n) is 16.6. The summed E-state index contributed by atoms with van der Waals surface area (Å²) in [4.78, 5) is 30.5. The smallest absolute Gasteiger partial charge is 0.256 e. The van der Waals surface area contributed by atoms with Crippen molar-refractivity contribution in [1.29, 1.82) is 0 Å². The monoisotopic (exact) mass is 425 g/mol. The number of thiazole rings is 1. The van der Waals surface area contributed by atoms with Crippen molar-refractivity contribution >= 4 is 40.6 Å². The van der Waals surface area contributed by atoms with Gasteiger partial charge in [0.15, 0.2) is 0 Å². The minimum absolute atomic E-state index is 0.155. The van der Waals surface area contributed by atoms with E-state index >= 15 is 0 Å². The Morgan fingerprint density at radius 2 is 1.90 bits per heavy atom. The lowest BCUT2D eigenvalue weighted by Crippen LogP contribution is -2.23. The van der Waals surface area contributed by atoms with Crippen LogP contribution in [0.3, 0.4) is 0 Å². The van der Waals surface area contributed by atoms with Crippen LogP contribution in [0.5, 0.6) is 0 Å². The number of hydrogen-bond acceptors (Lipinski definition) is 5. The van der Waals surface area contributed by atoms with Crippen molar-refractivity contribution in [1.82, 2.24) is 10.3 Å². The minimum Gasteiger partial charge on any atom is -0.352 e. The Morgan fingerprint density at radius 3 is 2.62 bits per heavy atom. The molecule has 0 radical (unpaired) electrons. The van der Waals surface area contributed by atoms with Crippen LogP contribution in [0.25, 0.3) is 0 Å². The van der Waals surface area contributed by atoms with Gasteiger partial charge in [-0.05, 0) is 50.6 Å². The third-order valence-electron chi connectivity index (χ3n) is 4.26. The number of amides is 2. The van der Waals surface area contributed by atoms with Crippen molar-refractivity contribution in [2.24, 2.45) is 0 Å². The Hall–Kier alpha value is -2.64. The van der Waals surface area contributed by atoms with E-state index < -0.39 is 0 Å². The highest BCUT2D eigenvalue weighted by Gasteiger charge is 2.15. The maximum absolute atomic E-state index is 13.0. The summed E-state index contributed by atoms with van der Waals surface area (Å²) < 4.78 is 0. The van der Waals surface area contributed by atoms with E-state index in [1.165, 1.54) is 0 Å². The van der Waals surface area contributed by atoms with Crippen molar-refractivity contribution in [3.8, 4) is 0 Å². The first kappa shape index (κ1) is 21.1. The zero-order valence-corrected chi connectivity index (χ0v) is 18.2. The summed E-state index contributed by atoms with van der Waals surface area (Å²) in [6, 6.07) is 12.8. The predicted octanol–water partition coefficient (Wildman–Crippen LogP) is 5.05. The third kappa shape index (κ3) is 5.46. The molecule has 0 saturated carbocycles. The van der Waals surface area contributed by atoms with Crippen LogP contribution in [0.1, 0.15) is 43.9 Å². The van der Waals surface area contributed by atoms with Crippen molar-refractivity contribution < 1.29 is 9.59 Å². The van der Waals surface area contributed by atoms with Gasteiger partial charge in [-0.15, -0.1) is 23.1 Å². The standard InChI is InChI=1S/C22H23N3O2S2/c1-4-23-21(26)16-10-9-14(2)19(11-16)25-22(27)18-7-5-6-8-20(18)29-13-17-12-28-15(3)24-17/h5-12H,4,13H2,1-3H3,(H,23,26)(H,25,27). The Morgan fingerprint density at radius 1 is 1.10 bits per heavy atom. The van der Waals surface area contributed by atoms with Crippen LogP contribution in [0.2, 0.25) is 0 Å². The molecule has 2 amide bonds. The molecule has 7 heteroatoms. The molecule has 2 N–H and O–H groups in total. The summed E-state index contributed by atoms with van der Waals surface area (Å²) >= 11 is 3.21. The van der Waals surface area contributed by atoms with E-state index in [-0.39, 0.29) is 11.8 Å². The fraction of sp³-hybridized carbons (Fsp3) is 0.227. The van der Waals surface area contributed by atoms with Crippen LogP contribution < -0.4 is 10.6 Å². The number of carbonyl (C=O) groups excluding carboxylic acids is 2. The molecule has 0 aliphatic heterocycles. The third-order valence-corrected chi connectivity index (χ3v) is 6.19. The van der Waals surface area contributed by atoms with Gasteiger partial charge in [-0.1, -0.05) is 18.2 Å². The molecule has 3 aromatic rings. The highest BCUT2D eigenvalue weighted by molar-refractivity contribution is 7.98. The summed E-state index contributed by atoms with van der Waals surface area (Å²) in [5, 5.41) is 8.82. The number of anilines is 1.